The van der Waals surface area contributed by atoms with Crippen molar-refractivity contribution in [2.24, 2.45) is 22.5 Å². The number of amides is 2. The van der Waals surface area contributed by atoms with E-state index in [1.807, 2.05) is 20.8 Å². The minimum Gasteiger partial charge on any atom is -0.328 e. The Morgan fingerprint density at radius 2 is 1.75 bits per heavy atom. The van der Waals surface area contributed by atoms with Gasteiger partial charge in [-0.25, -0.2) is 0 Å². The SMILES string of the molecule is CC(C)(C)C(=O)[C@H](CN)N1C(=O)CC(C(C)(C)C)C1=O. The van der Waals surface area contributed by atoms with Crippen LogP contribution in [0.5, 0.6) is 0 Å². The number of Topliss-reactive ketones (excluding diaryl/α,β-unsaturated/α-hetero) is 1. The molecule has 0 saturated carbocycles. The summed E-state index contributed by atoms with van der Waals surface area (Å²) in [6.45, 7) is 11.1. The fourth-order valence-corrected chi connectivity index (χ4v) is 2.48. The van der Waals surface area contributed by atoms with Crippen molar-refractivity contribution in [3.8, 4) is 0 Å². The van der Waals surface area contributed by atoms with Gasteiger partial charge < -0.3 is 5.73 Å². The first-order chi connectivity index (χ1) is 8.91. The van der Waals surface area contributed by atoms with E-state index in [0.717, 1.165) is 4.90 Å². The number of likely N-dealkylation sites (tertiary alicyclic amines) is 1. The maximum Gasteiger partial charge on any atom is 0.234 e. The molecule has 0 spiro atoms. The molecule has 5 nitrogen and oxygen atoms in total. The molecular weight excluding hydrogens is 256 g/mol. The molecular formula is C15H26N2O3. The zero-order valence-corrected chi connectivity index (χ0v) is 13.3. The highest BCUT2D eigenvalue weighted by molar-refractivity contribution is 6.08. The van der Waals surface area contributed by atoms with Crippen molar-refractivity contribution in [2.75, 3.05) is 6.54 Å². The fourth-order valence-electron chi connectivity index (χ4n) is 2.48. The first kappa shape index (κ1) is 16.8. The van der Waals surface area contributed by atoms with Crippen molar-refractivity contribution in [3.05, 3.63) is 0 Å². The van der Waals surface area contributed by atoms with Crippen molar-refractivity contribution in [1.82, 2.24) is 4.90 Å². The van der Waals surface area contributed by atoms with Crippen LogP contribution >= 0.6 is 0 Å². The summed E-state index contributed by atoms with van der Waals surface area (Å²) >= 11 is 0. The minimum atomic E-state index is -0.845. The molecule has 0 aromatic heterocycles. The van der Waals surface area contributed by atoms with Gasteiger partial charge in [-0.05, 0) is 5.41 Å². The second-order valence-electron chi connectivity index (χ2n) is 7.59. The molecule has 1 heterocycles. The van der Waals surface area contributed by atoms with Crippen molar-refractivity contribution < 1.29 is 14.4 Å². The number of ketones is 1. The lowest BCUT2D eigenvalue weighted by atomic mass is 9.79. The highest BCUT2D eigenvalue weighted by Crippen LogP contribution is 2.37. The highest BCUT2D eigenvalue weighted by Gasteiger charge is 2.49. The number of nitrogens with two attached hydrogens (primary N) is 1. The van der Waals surface area contributed by atoms with Crippen LogP contribution in [0.2, 0.25) is 0 Å². The van der Waals surface area contributed by atoms with Crippen LogP contribution in [0, 0.1) is 16.7 Å². The summed E-state index contributed by atoms with van der Waals surface area (Å²) in [7, 11) is 0. The normalized spacial score (nSPS) is 22.4. The number of hydrogen-bond acceptors (Lipinski definition) is 4. The summed E-state index contributed by atoms with van der Waals surface area (Å²) in [4.78, 5) is 38.2. The quantitative estimate of drug-likeness (QED) is 0.792. The molecule has 1 unspecified atom stereocenters. The molecule has 0 aromatic carbocycles. The Balaban J connectivity index is 3.09. The van der Waals surface area contributed by atoms with E-state index in [-0.39, 0.29) is 41.9 Å². The van der Waals surface area contributed by atoms with Crippen LogP contribution in [0.4, 0.5) is 0 Å². The molecule has 2 amide bonds. The lowest BCUT2D eigenvalue weighted by Crippen LogP contribution is -2.53. The average molecular weight is 282 g/mol. The van der Waals surface area contributed by atoms with Gasteiger partial charge >= 0.3 is 0 Å². The van der Waals surface area contributed by atoms with Crippen molar-refractivity contribution in [3.63, 3.8) is 0 Å². The van der Waals surface area contributed by atoms with Crippen molar-refractivity contribution in [1.29, 1.82) is 0 Å². The Bertz CT molecular complexity index is 429. The minimum absolute atomic E-state index is 0.0234. The Kier molecular flexibility index (Phi) is 4.44. The lowest BCUT2D eigenvalue weighted by molar-refractivity contribution is -0.149. The molecule has 1 aliphatic heterocycles. The van der Waals surface area contributed by atoms with Crippen LogP contribution in [-0.4, -0.2) is 35.1 Å². The van der Waals surface area contributed by atoms with Gasteiger partial charge in [0.05, 0.1) is 5.92 Å². The first-order valence-electron chi connectivity index (χ1n) is 7.01. The Morgan fingerprint density at radius 1 is 1.25 bits per heavy atom. The van der Waals surface area contributed by atoms with Gasteiger partial charge in [-0.1, -0.05) is 41.5 Å². The molecule has 1 aliphatic rings. The summed E-state index contributed by atoms with van der Waals surface area (Å²) < 4.78 is 0. The van der Waals surface area contributed by atoms with Crippen LogP contribution in [-0.2, 0) is 14.4 Å². The zero-order chi connectivity index (χ0) is 15.9. The molecule has 0 radical (unpaired) electrons. The predicted molar refractivity (Wildman–Crippen MR) is 76.7 cm³/mol. The van der Waals surface area contributed by atoms with Gasteiger partial charge in [0.1, 0.15) is 6.04 Å². The average Bonchev–Trinajstić information content (AvgIpc) is 2.56. The van der Waals surface area contributed by atoms with E-state index >= 15 is 0 Å². The smallest absolute Gasteiger partial charge is 0.234 e. The number of nitrogens with zero attached hydrogens (tertiary/aromatic N) is 1. The van der Waals surface area contributed by atoms with Gasteiger partial charge in [-0.3, -0.25) is 19.3 Å². The summed E-state index contributed by atoms with van der Waals surface area (Å²) in [6.07, 6.45) is 0.163. The second kappa shape index (κ2) is 5.28. The summed E-state index contributed by atoms with van der Waals surface area (Å²) in [6, 6.07) is -0.845. The lowest BCUT2D eigenvalue weighted by Gasteiger charge is -2.31. The van der Waals surface area contributed by atoms with Crippen LogP contribution in [0.15, 0.2) is 0 Å². The highest BCUT2D eigenvalue weighted by atomic mass is 16.2. The third-order valence-corrected chi connectivity index (χ3v) is 3.81. The Hall–Kier alpha value is -1.23. The number of carbonyl (C=O) groups excluding carboxylic acids is 3. The summed E-state index contributed by atoms with van der Waals surface area (Å²) in [5.41, 5.74) is 4.73. The molecule has 5 heteroatoms. The number of hydrogen-bond donors (Lipinski definition) is 1. The van der Waals surface area contributed by atoms with Gasteiger partial charge in [0.2, 0.25) is 11.8 Å². The van der Waals surface area contributed by atoms with Gasteiger partial charge in [0.15, 0.2) is 5.78 Å². The van der Waals surface area contributed by atoms with Gasteiger partial charge in [0.25, 0.3) is 0 Å². The monoisotopic (exact) mass is 282 g/mol. The molecule has 1 fully saturated rings. The third-order valence-electron chi connectivity index (χ3n) is 3.81. The van der Waals surface area contributed by atoms with E-state index < -0.39 is 11.5 Å². The van der Waals surface area contributed by atoms with E-state index in [1.54, 1.807) is 20.8 Å². The molecule has 114 valence electrons. The van der Waals surface area contributed by atoms with E-state index in [9.17, 15) is 14.4 Å². The topological polar surface area (TPSA) is 80.5 Å². The van der Waals surface area contributed by atoms with E-state index in [1.165, 1.54) is 0 Å². The predicted octanol–water partition coefficient (Wildman–Crippen LogP) is 1.35. The molecule has 2 atom stereocenters. The third kappa shape index (κ3) is 3.08. The standard InChI is InChI=1S/C15H26N2O3/c1-14(2,3)9-7-11(18)17(13(9)20)10(8-16)12(19)15(4,5)6/h9-10H,7-8,16H2,1-6H3/t9?,10-/m0/s1. The van der Waals surface area contributed by atoms with Gasteiger partial charge in [-0.2, -0.15) is 0 Å². The Labute approximate surface area is 120 Å². The van der Waals surface area contributed by atoms with E-state index in [4.69, 9.17) is 5.73 Å². The fraction of sp³-hybridized carbons (Fsp3) is 0.800. The molecule has 2 N–H and O–H groups in total. The number of rotatable bonds is 3. The maximum atomic E-state index is 12.5. The van der Waals surface area contributed by atoms with Gasteiger partial charge in [-0.15, -0.1) is 0 Å². The van der Waals surface area contributed by atoms with E-state index in [2.05, 4.69) is 0 Å². The van der Waals surface area contributed by atoms with Crippen molar-refractivity contribution >= 4 is 17.6 Å². The van der Waals surface area contributed by atoms with Crippen LogP contribution in [0.3, 0.4) is 0 Å². The molecule has 1 rings (SSSR count). The molecule has 20 heavy (non-hydrogen) atoms. The summed E-state index contributed by atoms with van der Waals surface area (Å²) in [5, 5.41) is 0. The molecule has 0 aliphatic carbocycles. The largest absolute Gasteiger partial charge is 0.328 e. The van der Waals surface area contributed by atoms with Crippen LogP contribution < -0.4 is 5.73 Å². The first-order valence-corrected chi connectivity index (χ1v) is 7.01. The van der Waals surface area contributed by atoms with Crippen molar-refractivity contribution in [2.45, 2.75) is 54.0 Å². The molecule has 0 aromatic rings. The maximum absolute atomic E-state index is 12.5. The second-order valence-corrected chi connectivity index (χ2v) is 7.59. The molecule has 1 saturated heterocycles. The number of imide groups is 1. The van der Waals surface area contributed by atoms with Crippen LogP contribution in [0.1, 0.15) is 48.0 Å². The van der Waals surface area contributed by atoms with E-state index in [0.29, 0.717) is 0 Å². The zero-order valence-electron chi connectivity index (χ0n) is 13.3. The number of carbonyl (C=O) groups is 3. The molecule has 0 bridgehead atoms. The summed E-state index contributed by atoms with van der Waals surface area (Å²) in [5.74, 6) is -1.10. The van der Waals surface area contributed by atoms with Crippen LogP contribution in [0.25, 0.3) is 0 Å². The Morgan fingerprint density at radius 3 is 2.05 bits per heavy atom. The van der Waals surface area contributed by atoms with Gasteiger partial charge in [0, 0.05) is 18.4 Å².